The summed E-state index contributed by atoms with van der Waals surface area (Å²) < 4.78 is 37.7. The Morgan fingerprint density at radius 3 is 2.35 bits per heavy atom. The smallest absolute Gasteiger partial charge is 0.267 e. The molecule has 0 unspecified atom stereocenters. The Labute approximate surface area is 142 Å². The van der Waals surface area contributed by atoms with Crippen LogP contribution in [0.15, 0.2) is 39.8 Å². The third kappa shape index (κ3) is 4.14. The Balaban J connectivity index is 2.47. The lowest BCUT2D eigenvalue weighted by Gasteiger charge is -2.26. The lowest BCUT2D eigenvalue weighted by atomic mass is 10.4. The van der Waals surface area contributed by atoms with E-state index in [1.165, 1.54) is 12.1 Å². The third-order valence-corrected chi connectivity index (χ3v) is 6.11. The van der Waals surface area contributed by atoms with Crippen LogP contribution in [0.4, 0.5) is 5.82 Å². The van der Waals surface area contributed by atoms with Gasteiger partial charge in [0, 0.05) is 0 Å². The van der Waals surface area contributed by atoms with E-state index in [1.54, 1.807) is 25.1 Å². The van der Waals surface area contributed by atoms with E-state index in [0.29, 0.717) is 5.76 Å². The van der Waals surface area contributed by atoms with Crippen LogP contribution in [0.5, 0.6) is 0 Å². The number of anilines is 1. The molecule has 126 valence electrons. The van der Waals surface area contributed by atoms with Crippen molar-refractivity contribution in [2.45, 2.75) is 31.5 Å². The van der Waals surface area contributed by atoms with Gasteiger partial charge in [-0.15, -0.1) is 0 Å². The van der Waals surface area contributed by atoms with E-state index in [1.807, 2.05) is 19.6 Å². The number of aryl methyl sites for hydroxylation is 1. The van der Waals surface area contributed by atoms with Crippen molar-refractivity contribution in [2.24, 2.45) is 0 Å². The first kappa shape index (κ1) is 18.0. The van der Waals surface area contributed by atoms with Gasteiger partial charge < -0.3 is 8.95 Å². The van der Waals surface area contributed by atoms with Crippen LogP contribution in [0.3, 0.4) is 0 Å². The number of sulfonamides is 1. The zero-order valence-corrected chi connectivity index (χ0v) is 16.0. The van der Waals surface area contributed by atoms with Crippen molar-refractivity contribution in [3.8, 4) is 0 Å². The van der Waals surface area contributed by atoms with E-state index in [0.717, 1.165) is 4.31 Å². The minimum Gasteiger partial charge on any atom is -0.399 e. The Morgan fingerprint density at radius 2 is 1.87 bits per heavy atom. The summed E-state index contributed by atoms with van der Waals surface area (Å²) in [5.74, 6) is 0.384. The van der Waals surface area contributed by atoms with Gasteiger partial charge in [0.05, 0.1) is 4.90 Å². The van der Waals surface area contributed by atoms with Crippen molar-refractivity contribution in [3.05, 3.63) is 41.1 Å². The van der Waals surface area contributed by atoms with Gasteiger partial charge in [-0.3, -0.25) is 0 Å². The van der Waals surface area contributed by atoms with Gasteiger partial charge in [0.15, 0.2) is 14.1 Å². The molecule has 0 aliphatic heterocycles. The molecule has 0 fully saturated rings. The fourth-order valence-corrected chi connectivity index (χ4v) is 3.85. The zero-order chi connectivity index (χ0) is 17.3. The highest BCUT2D eigenvalue weighted by atomic mass is 35.5. The first-order valence-corrected chi connectivity index (χ1v) is 12.2. The van der Waals surface area contributed by atoms with Gasteiger partial charge in [-0.1, -0.05) is 35.0 Å². The number of hydrogen-bond donors (Lipinski definition) is 0. The molecule has 2 aromatic rings. The van der Waals surface area contributed by atoms with Crippen molar-refractivity contribution < 1.29 is 17.4 Å². The lowest BCUT2D eigenvalue weighted by Crippen LogP contribution is -2.39. The second-order valence-electron chi connectivity index (χ2n) is 5.93. The Kier molecular flexibility index (Phi) is 5.19. The molecule has 1 aromatic heterocycles. The van der Waals surface area contributed by atoms with Crippen LogP contribution in [0, 0.1) is 6.92 Å². The Bertz CT molecular complexity index is 772. The molecule has 0 amide bonds. The van der Waals surface area contributed by atoms with E-state index >= 15 is 0 Å². The third-order valence-electron chi connectivity index (χ3n) is 2.96. The van der Waals surface area contributed by atoms with Gasteiger partial charge in [-0.05, 0) is 38.7 Å². The molecule has 0 aliphatic rings. The van der Waals surface area contributed by atoms with E-state index in [4.69, 9.17) is 20.6 Å². The molecule has 23 heavy (non-hydrogen) atoms. The predicted molar refractivity (Wildman–Crippen MR) is 91.7 cm³/mol. The van der Waals surface area contributed by atoms with Crippen molar-refractivity contribution >= 4 is 35.8 Å². The number of halogens is 1. The molecule has 0 saturated carbocycles. The molecule has 0 aliphatic carbocycles. The van der Waals surface area contributed by atoms with Crippen LogP contribution >= 0.6 is 11.6 Å². The van der Waals surface area contributed by atoms with Crippen LogP contribution in [0.25, 0.3) is 0 Å². The molecule has 0 spiro atoms. The number of benzene rings is 1. The second-order valence-corrected chi connectivity index (χ2v) is 12.7. The summed E-state index contributed by atoms with van der Waals surface area (Å²) in [4.78, 5) is 0.135. The fourth-order valence-electron chi connectivity index (χ4n) is 1.72. The summed E-state index contributed by atoms with van der Waals surface area (Å²) in [5, 5.41) is 3.94. The summed E-state index contributed by atoms with van der Waals surface area (Å²) >= 11 is 6.14. The van der Waals surface area contributed by atoms with Crippen molar-refractivity contribution in [3.63, 3.8) is 0 Å². The lowest BCUT2D eigenvalue weighted by molar-refractivity contribution is 0.320. The molecule has 2 rings (SSSR count). The maximum absolute atomic E-state index is 12.9. The van der Waals surface area contributed by atoms with Gasteiger partial charge in [0.25, 0.3) is 10.0 Å². The second kappa shape index (κ2) is 6.64. The standard InChI is InChI=1S/C14H19ClN2O4SSi/c1-11-13(15)14(16-21-11)17(10-20-23(2,3)4)22(18,19)12-8-6-5-7-9-12/h5-9H,10H2,1-4H3. The van der Waals surface area contributed by atoms with Gasteiger partial charge in [-0.25, -0.2) is 12.7 Å². The topological polar surface area (TPSA) is 72.6 Å². The quantitative estimate of drug-likeness (QED) is 0.570. The van der Waals surface area contributed by atoms with E-state index < -0.39 is 18.3 Å². The highest BCUT2D eigenvalue weighted by Crippen LogP contribution is 2.32. The van der Waals surface area contributed by atoms with Crippen LogP contribution in [0.1, 0.15) is 5.76 Å². The summed E-state index contributed by atoms with van der Waals surface area (Å²) in [6.07, 6.45) is 0. The molecule has 1 heterocycles. The van der Waals surface area contributed by atoms with Gasteiger partial charge in [-0.2, -0.15) is 0 Å². The molecule has 0 radical (unpaired) electrons. The number of hydrogen-bond acceptors (Lipinski definition) is 5. The molecule has 0 saturated heterocycles. The molecule has 0 N–H and O–H groups in total. The van der Waals surface area contributed by atoms with Crippen LogP contribution < -0.4 is 4.31 Å². The monoisotopic (exact) mass is 374 g/mol. The van der Waals surface area contributed by atoms with Crippen LogP contribution in [-0.4, -0.2) is 28.6 Å². The van der Waals surface area contributed by atoms with E-state index in [2.05, 4.69) is 5.16 Å². The molecular weight excluding hydrogens is 356 g/mol. The largest absolute Gasteiger partial charge is 0.399 e. The molecule has 6 nitrogen and oxygen atoms in total. The first-order chi connectivity index (χ1) is 10.6. The molecule has 0 bridgehead atoms. The Hall–Kier alpha value is -1.35. The van der Waals surface area contributed by atoms with Gasteiger partial charge in [0.2, 0.25) is 5.82 Å². The Morgan fingerprint density at radius 1 is 1.26 bits per heavy atom. The summed E-state index contributed by atoms with van der Waals surface area (Å²) in [5.41, 5.74) is 0. The highest BCUT2D eigenvalue weighted by molar-refractivity contribution is 7.92. The molecule has 0 atom stereocenters. The van der Waals surface area contributed by atoms with E-state index in [-0.39, 0.29) is 22.5 Å². The average Bonchev–Trinajstić information content (AvgIpc) is 2.79. The van der Waals surface area contributed by atoms with Gasteiger partial charge >= 0.3 is 0 Å². The number of aromatic nitrogens is 1. The average molecular weight is 375 g/mol. The number of nitrogens with zero attached hydrogens (tertiary/aromatic N) is 2. The SMILES string of the molecule is Cc1onc(N(CO[Si](C)(C)C)S(=O)(=O)c2ccccc2)c1Cl. The molecule has 9 heteroatoms. The summed E-state index contributed by atoms with van der Waals surface area (Å²) in [6.45, 7) is 7.35. The maximum atomic E-state index is 12.9. The van der Waals surface area contributed by atoms with Crippen LogP contribution in [0.2, 0.25) is 24.7 Å². The first-order valence-electron chi connectivity index (χ1n) is 6.96. The predicted octanol–water partition coefficient (Wildman–Crippen LogP) is 3.64. The minimum absolute atomic E-state index is 0.0336. The minimum atomic E-state index is -3.86. The summed E-state index contributed by atoms with van der Waals surface area (Å²) in [7, 11) is -5.81. The van der Waals surface area contributed by atoms with Crippen molar-refractivity contribution in [1.29, 1.82) is 0 Å². The maximum Gasteiger partial charge on any atom is 0.267 e. The fraction of sp³-hybridized carbons (Fsp3) is 0.357. The van der Waals surface area contributed by atoms with Crippen molar-refractivity contribution in [1.82, 2.24) is 5.16 Å². The number of rotatable bonds is 6. The van der Waals surface area contributed by atoms with Gasteiger partial charge in [0.1, 0.15) is 11.8 Å². The van der Waals surface area contributed by atoms with Crippen molar-refractivity contribution in [2.75, 3.05) is 11.0 Å². The normalized spacial score (nSPS) is 12.4. The van der Waals surface area contributed by atoms with E-state index in [9.17, 15) is 8.42 Å². The van der Waals surface area contributed by atoms with Crippen LogP contribution in [-0.2, 0) is 14.4 Å². The highest BCUT2D eigenvalue weighted by Gasteiger charge is 2.31. The summed E-state index contributed by atoms with van der Waals surface area (Å²) in [6, 6.07) is 8.07. The zero-order valence-electron chi connectivity index (χ0n) is 13.4. The molecular formula is C14H19ClN2O4SSi. The molecule has 1 aromatic carbocycles.